The van der Waals surface area contributed by atoms with Gasteiger partial charge >= 0.3 is 6.03 Å². The molecule has 8 heteroatoms. The first kappa shape index (κ1) is 19.6. The molecule has 1 saturated carbocycles. The van der Waals surface area contributed by atoms with Gasteiger partial charge in [-0.2, -0.15) is 4.98 Å². The summed E-state index contributed by atoms with van der Waals surface area (Å²) in [6.45, 7) is 10.1. The van der Waals surface area contributed by atoms with E-state index in [-0.39, 0.29) is 23.4 Å². The molecule has 27 heavy (non-hydrogen) atoms. The number of rotatable bonds is 6. The summed E-state index contributed by atoms with van der Waals surface area (Å²) < 4.78 is 5.33. The minimum Gasteiger partial charge on any atom is -0.339 e. The van der Waals surface area contributed by atoms with Gasteiger partial charge < -0.3 is 19.6 Å². The molecule has 2 fully saturated rings. The van der Waals surface area contributed by atoms with Gasteiger partial charge in [-0.1, -0.05) is 11.6 Å². The van der Waals surface area contributed by atoms with E-state index >= 15 is 0 Å². The number of carbonyl (C=O) groups excluding carboxylic acids is 2. The second-order valence-electron chi connectivity index (χ2n) is 8.62. The largest absolute Gasteiger partial charge is 0.339 e. The standard InChI is InChI=1S/C19H31N5O3/c1-5-23(12-15-21-17(27-22-15)14-7-6-8-14)18(26)20-10-13-9-16(25)24(11-13)19(2,3)4/h13-14H,5-12H2,1-4H3,(H,20,26)/t13-/m0/s1. The van der Waals surface area contributed by atoms with Crippen molar-refractivity contribution in [3.8, 4) is 0 Å². The Bertz CT molecular complexity index is 677. The van der Waals surface area contributed by atoms with Crippen LogP contribution in [0.5, 0.6) is 0 Å². The summed E-state index contributed by atoms with van der Waals surface area (Å²) in [5.74, 6) is 1.93. The first-order valence-corrected chi connectivity index (χ1v) is 9.93. The maximum absolute atomic E-state index is 12.5. The van der Waals surface area contributed by atoms with E-state index < -0.39 is 0 Å². The number of hydrogen-bond acceptors (Lipinski definition) is 5. The zero-order valence-corrected chi connectivity index (χ0v) is 16.8. The van der Waals surface area contributed by atoms with Crippen molar-refractivity contribution in [2.75, 3.05) is 19.6 Å². The number of carbonyl (C=O) groups is 2. The quantitative estimate of drug-likeness (QED) is 0.822. The van der Waals surface area contributed by atoms with Crippen molar-refractivity contribution in [2.24, 2.45) is 5.92 Å². The molecule has 1 aromatic rings. The van der Waals surface area contributed by atoms with Crippen LogP contribution in [0, 0.1) is 5.92 Å². The van der Waals surface area contributed by atoms with Crippen molar-refractivity contribution < 1.29 is 14.1 Å². The molecule has 1 aliphatic carbocycles. The van der Waals surface area contributed by atoms with Crippen LogP contribution in [0.3, 0.4) is 0 Å². The van der Waals surface area contributed by atoms with Gasteiger partial charge in [0.1, 0.15) is 0 Å². The van der Waals surface area contributed by atoms with E-state index in [1.54, 1.807) is 4.90 Å². The Kier molecular flexibility index (Phi) is 5.72. The molecule has 1 saturated heterocycles. The molecule has 8 nitrogen and oxygen atoms in total. The Morgan fingerprint density at radius 3 is 2.67 bits per heavy atom. The van der Waals surface area contributed by atoms with E-state index in [0.717, 1.165) is 12.8 Å². The van der Waals surface area contributed by atoms with Gasteiger partial charge in [-0.3, -0.25) is 4.79 Å². The molecule has 0 unspecified atom stereocenters. The molecule has 3 rings (SSSR count). The van der Waals surface area contributed by atoms with Gasteiger partial charge in [-0.05, 0) is 40.5 Å². The van der Waals surface area contributed by atoms with Crippen molar-refractivity contribution >= 4 is 11.9 Å². The number of nitrogens with one attached hydrogen (secondary N) is 1. The lowest BCUT2D eigenvalue weighted by Gasteiger charge is -2.32. The molecule has 0 aromatic carbocycles. The van der Waals surface area contributed by atoms with Crippen LogP contribution >= 0.6 is 0 Å². The normalized spacial score (nSPS) is 20.7. The van der Waals surface area contributed by atoms with Crippen LogP contribution in [0.15, 0.2) is 4.52 Å². The predicted octanol–water partition coefficient (Wildman–Crippen LogP) is 2.52. The average molecular weight is 377 g/mol. The predicted molar refractivity (Wildman–Crippen MR) is 99.9 cm³/mol. The minimum atomic E-state index is -0.179. The zero-order valence-electron chi connectivity index (χ0n) is 16.8. The molecule has 1 N–H and O–H groups in total. The van der Waals surface area contributed by atoms with E-state index in [9.17, 15) is 9.59 Å². The number of aromatic nitrogens is 2. The Morgan fingerprint density at radius 1 is 1.37 bits per heavy atom. The molecule has 2 aliphatic rings. The number of amides is 3. The third kappa shape index (κ3) is 4.59. The number of nitrogens with zero attached hydrogens (tertiary/aromatic N) is 4. The molecule has 0 radical (unpaired) electrons. The van der Waals surface area contributed by atoms with E-state index in [2.05, 4.69) is 15.5 Å². The summed E-state index contributed by atoms with van der Waals surface area (Å²) in [4.78, 5) is 32.7. The fraction of sp³-hybridized carbons (Fsp3) is 0.789. The fourth-order valence-corrected chi connectivity index (χ4v) is 3.56. The molecule has 1 atom stereocenters. The molecule has 3 amide bonds. The third-order valence-corrected chi connectivity index (χ3v) is 5.50. The van der Waals surface area contributed by atoms with Gasteiger partial charge in [0.2, 0.25) is 11.8 Å². The van der Waals surface area contributed by atoms with E-state index in [1.807, 2.05) is 32.6 Å². The first-order valence-electron chi connectivity index (χ1n) is 9.93. The topological polar surface area (TPSA) is 91.6 Å². The van der Waals surface area contributed by atoms with Gasteiger partial charge in [0.15, 0.2) is 5.82 Å². The van der Waals surface area contributed by atoms with Crippen LogP contribution in [0.25, 0.3) is 0 Å². The molecular weight excluding hydrogens is 346 g/mol. The van der Waals surface area contributed by atoms with Gasteiger partial charge in [-0.15, -0.1) is 0 Å². The third-order valence-electron chi connectivity index (χ3n) is 5.50. The molecule has 1 aromatic heterocycles. The highest BCUT2D eigenvalue weighted by atomic mass is 16.5. The summed E-state index contributed by atoms with van der Waals surface area (Å²) in [6.07, 6.45) is 3.90. The molecule has 1 aliphatic heterocycles. The summed E-state index contributed by atoms with van der Waals surface area (Å²) in [7, 11) is 0. The van der Waals surface area contributed by atoms with Crippen LogP contribution < -0.4 is 5.32 Å². The summed E-state index contributed by atoms with van der Waals surface area (Å²) in [6, 6.07) is -0.158. The van der Waals surface area contributed by atoms with E-state index in [0.29, 0.717) is 50.2 Å². The van der Waals surface area contributed by atoms with E-state index in [1.165, 1.54) is 6.42 Å². The summed E-state index contributed by atoms with van der Waals surface area (Å²) in [5.41, 5.74) is -0.179. The highest BCUT2D eigenvalue weighted by Crippen LogP contribution is 2.35. The second kappa shape index (κ2) is 7.86. The molecule has 2 heterocycles. The van der Waals surface area contributed by atoms with Crippen LogP contribution in [0.1, 0.15) is 71.0 Å². The van der Waals surface area contributed by atoms with Gasteiger partial charge in [0.05, 0.1) is 6.54 Å². The first-order chi connectivity index (χ1) is 12.8. The monoisotopic (exact) mass is 377 g/mol. The minimum absolute atomic E-state index is 0.148. The van der Waals surface area contributed by atoms with Crippen LogP contribution in [-0.4, -0.2) is 57.1 Å². The smallest absolute Gasteiger partial charge is 0.317 e. The van der Waals surface area contributed by atoms with Crippen molar-refractivity contribution in [2.45, 2.75) is 71.4 Å². The van der Waals surface area contributed by atoms with Crippen LogP contribution in [0.4, 0.5) is 4.79 Å². The molecule has 0 bridgehead atoms. The molecule has 0 spiro atoms. The van der Waals surface area contributed by atoms with E-state index in [4.69, 9.17) is 4.52 Å². The van der Waals surface area contributed by atoms with Crippen molar-refractivity contribution in [3.05, 3.63) is 11.7 Å². The van der Waals surface area contributed by atoms with Crippen molar-refractivity contribution in [1.29, 1.82) is 0 Å². The van der Waals surface area contributed by atoms with Gasteiger partial charge in [-0.25, -0.2) is 4.79 Å². The van der Waals surface area contributed by atoms with Crippen molar-refractivity contribution in [3.63, 3.8) is 0 Å². The van der Waals surface area contributed by atoms with Crippen LogP contribution in [0.2, 0.25) is 0 Å². The average Bonchev–Trinajstić information content (AvgIpc) is 3.15. The van der Waals surface area contributed by atoms with Crippen LogP contribution in [-0.2, 0) is 11.3 Å². The highest BCUT2D eigenvalue weighted by Gasteiger charge is 2.36. The fourth-order valence-electron chi connectivity index (χ4n) is 3.56. The Labute approximate surface area is 160 Å². The zero-order chi connectivity index (χ0) is 19.6. The Hall–Kier alpha value is -2.12. The van der Waals surface area contributed by atoms with Gasteiger partial charge in [0, 0.05) is 43.4 Å². The summed E-state index contributed by atoms with van der Waals surface area (Å²) in [5, 5.41) is 6.98. The lowest BCUT2D eigenvalue weighted by Crippen LogP contribution is -2.44. The lowest BCUT2D eigenvalue weighted by atomic mass is 9.85. The second-order valence-corrected chi connectivity index (χ2v) is 8.62. The SMILES string of the molecule is CCN(Cc1noc(C2CCC2)n1)C(=O)NC[C@@H]1CC(=O)N(C(C)(C)C)C1. The number of urea groups is 1. The Balaban J connectivity index is 1.49. The van der Waals surface area contributed by atoms with Crippen molar-refractivity contribution in [1.82, 2.24) is 25.3 Å². The highest BCUT2D eigenvalue weighted by molar-refractivity contribution is 5.79. The lowest BCUT2D eigenvalue weighted by molar-refractivity contribution is -0.131. The summed E-state index contributed by atoms with van der Waals surface area (Å²) >= 11 is 0. The van der Waals surface area contributed by atoms with Gasteiger partial charge in [0.25, 0.3) is 0 Å². The maximum Gasteiger partial charge on any atom is 0.317 e. The number of likely N-dealkylation sites (tertiary alicyclic amines) is 1. The molecule has 150 valence electrons. The Morgan fingerprint density at radius 2 is 2.11 bits per heavy atom. The maximum atomic E-state index is 12.5. The number of hydrogen-bond donors (Lipinski definition) is 1. The molecular formula is C19H31N5O3.